The summed E-state index contributed by atoms with van der Waals surface area (Å²) in [5.74, 6) is -6.34. The first-order valence-electron chi connectivity index (χ1n) is 17.9. The van der Waals surface area contributed by atoms with E-state index >= 15 is 0 Å². The molecule has 4 rings (SSSR count). The lowest BCUT2D eigenvalue weighted by molar-refractivity contribution is -0.149. The van der Waals surface area contributed by atoms with Crippen LogP contribution >= 0.6 is 0 Å². The van der Waals surface area contributed by atoms with Crippen LogP contribution in [0.4, 0.5) is 0 Å². The molecule has 18 nitrogen and oxygen atoms in total. The number of nitrogens with zero attached hydrogens (tertiary/aromatic N) is 1. The Kier molecular flexibility index (Phi) is 14.8. The fourth-order valence-electron chi connectivity index (χ4n) is 6.34. The fraction of sp³-hybridized carbons (Fsp3) is 0.405. The number of nitrogens with two attached hydrogens (primary N) is 3. The second-order valence-electron chi connectivity index (χ2n) is 13.4. The number of rotatable bonds is 20. The SMILES string of the molecule is NC(=O)CC[C@H](NC(=O)[C@@H](N)CCC(N)=O)C(=O)NCC(=O)N[C@@H](Cc1c[nH]c2ccccc12)C(=O)N[C@@H](Cc1ccccc1)C(=O)N1CCC[C@H]1C(=O)O. The molecule has 1 saturated heterocycles. The highest BCUT2D eigenvalue weighted by atomic mass is 16.4. The van der Waals surface area contributed by atoms with E-state index in [2.05, 4.69) is 26.3 Å². The average Bonchev–Trinajstić information content (AvgIpc) is 3.82. The summed E-state index contributed by atoms with van der Waals surface area (Å²) in [6.07, 6.45) is 1.66. The molecule has 0 aliphatic carbocycles. The van der Waals surface area contributed by atoms with E-state index in [9.17, 15) is 43.5 Å². The quantitative estimate of drug-likeness (QED) is 0.0639. The summed E-state index contributed by atoms with van der Waals surface area (Å²) in [7, 11) is 0. The number of primary amides is 2. The number of fused-ring (bicyclic) bond motifs is 1. The normalized spacial score (nSPS) is 15.9. The van der Waals surface area contributed by atoms with Gasteiger partial charge in [-0.25, -0.2) is 4.79 Å². The number of carboxylic acid groups (broad SMARTS) is 1. The largest absolute Gasteiger partial charge is 0.480 e. The number of carbonyl (C=O) groups excluding carboxylic acids is 7. The molecule has 0 radical (unpaired) electrons. The van der Waals surface area contributed by atoms with Crippen molar-refractivity contribution in [2.75, 3.05) is 13.1 Å². The van der Waals surface area contributed by atoms with Gasteiger partial charge in [-0.2, -0.15) is 0 Å². The molecule has 0 unspecified atom stereocenters. The number of hydrogen-bond acceptors (Lipinski definition) is 9. The number of carbonyl (C=O) groups is 8. The van der Waals surface area contributed by atoms with Crippen LogP contribution in [0, 0.1) is 0 Å². The van der Waals surface area contributed by atoms with Crippen LogP contribution in [0.1, 0.15) is 49.7 Å². The maximum Gasteiger partial charge on any atom is 0.326 e. The third-order valence-electron chi connectivity index (χ3n) is 9.24. The first-order valence-corrected chi connectivity index (χ1v) is 17.9. The van der Waals surface area contributed by atoms with Crippen LogP contribution in [0.2, 0.25) is 0 Å². The molecule has 0 spiro atoms. The smallest absolute Gasteiger partial charge is 0.326 e. The number of likely N-dealkylation sites (tertiary alicyclic amines) is 1. The van der Waals surface area contributed by atoms with Crippen molar-refractivity contribution in [3.8, 4) is 0 Å². The summed E-state index contributed by atoms with van der Waals surface area (Å²) in [6, 6.07) is 10.1. The lowest BCUT2D eigenvalue weighted by atomic mass is 10.0. The Bertz CT molecular complexity index is 1880. The standard InChI is InChI=1S/C37H47N9O9/c38-24(12-14-30(39)47)33(50)44-26(13-15-31(40)48)34(51)42-20-32(49)43-27(18-22-19-41-25-10-5-4-9-23(22)25)35(52)45-28(17-21-7-2-1-3-8-21)36(53)46-16-6-11-29(46)37(54)55/h1-5,7-10,19,24,26-29,41H,6,11-18,20,38H2,(H2,39,47)(H2,40,48)(H,42,51)(H,43,49)(H,44,50)(H,45,52)(H,54,55)/t24-,26-,27-,28-,29-/m0/s1. The lowest BCUT2D eigenvalue weighted by Gasteiger charge is -2.29. The van der Waals surface area contributed by atoms with Crippen molar-refractivity contribution >= 4 is 58.2 Å². The molecule has 3 aromatic rings. The van der Waals surface area contributed by atoms with Gasteiger partial charge in [-0.1, -0.05) is 48.5 Å². The molecular formula is C37H47N9O9. The highest BCUT2D eigenvalue weighted by Crippen LogP contribution is 2.21. The lowest BCUT2D eigenvalue weighted by Crippen LogP contribution is -2.58. The van der Waals surface area contributed by atoms with Gasteiger partial charge in [0.2, 0.25) is 41.4 Å². The molecule has 2 heterocycles. The summed E-state index contributed by atoms with van der Waals surface area (Å²) < 4.78 is 0. The van der Waals surface area contributed by atoms with Gasteiger partial charge in [0.1, 0.15) is 24.2 Å². The van der Waals surface area contributed by atoms with Crippen molar-refractivity contribution in [1.29, 1.82) is 0 Å². The third-order valence-corrected chi connectivity index (χ3v) is 9.24. The van der Waals surface area contributed by atoms with Crippen LogP contribution in [0.15, 0.2) is 60.8 Å². The second-order valence-corrected chi connectivity index (χ2v) is 13.4. The summed E-state index contributed by atoms with van der Waals surface area (Å²) in [6.45, 7) is -0.458. The molecule has 1 aromatic heterocycles. The van der Waals surface area contributed by atoms with E-state index in [0.717, 1.165) is 10.9 Å². The molecule has 12 N–H and O–H groups in total. The number of H-pyrrole nitrogens is 1. The maximum atomic E-state index is 14.1. The Morgan fingerprint density at radius 3 is 2.13 bits per heavy atom. The van der Waals surface area contributed by atoms with Crippen molar-refractivity contribution < 1.29 is 43.5 Å². The zero-order chi connectivity index (χ0) is 40.1. The minimum Gasteiger partial charge on any atom is -0.480 e. The van der Waals surface area contributed by atoms with Gasteiger partial charge in [0.25, 0.3) is 0 Å². The predicted molar refractivity (Wildman–Crippen MR) is 198 cm³/mol. The van der Waals surface area contributed by atoms with Crippen molar-refractivity contribution in [3.63, 3.8) is 0 Å². The molecule has 5 atom stereocenters. The molecule has 1 aliphatic heterocycles. The second kappa shape index (κ2) is 19.7. The molecule has 0 bridgehead atoms. The maximum absolute atomic E-state index is 14.1. The molecule has 1 fully saturated rings. The first kappa shape index (κ1) is 41.5. The van der Waals surface area contributed by atoms with E-state index in [1.54, 1.807) is 36.5 Å². The van der Waals surface area contributed by atoms with Crippen molar-refractivity contribution in [2.24, 2.45) is 17.2 Å². The Morgan fingerprint density at radius 1 is 0.782 bits per heavy atom. The van der Waals surface area contributed by atoms with Crippen LogP contribution in [-0.2, 0) is 51.2 Å². The number of benzene rings is 2. The first-order chi connectivity index (χ1) is 26.2. The molecule has 2 aromatic carbocycles. The number of aromatic amines is 1. The Morgan fingerprint density at radius 2 is 1.44 bits per heavy atom. The van der Waals surface area contributed by atoms with E-state index in [1.165, 1.54) is 4.90 Å². The molecule has 55 heavy (non-hydrogen) atoms. The molecule has 294 valence electrons. The Hall–Kier alpha value is -6.30. The van der Waals surface area contributed by atoms with Crippen LogP contribution < -0.4 is 38.5 Å². The Balaban J connectivity index is 1.52. The third kappa shape index (κ3) is 12.1. The number of nitrogens with one attached hydrogen (secondary N) is 5. The van der Waals surface area contributed by atoms with E-state index < -0.39 is 84.1 Å². The summed E-state index contributed by atoms with van der Waals surface area (Å²) in [4.78, 5) is 106. The molecule has 7 amide bonds. The molecule has 18 heteroatoms. The van der Waals surface area contributed by atoms with Gasteiger partial charge >= 0.3 is 5.97 Å². The van der Waals surface area contributed by atoms with Gasteiger partial charge in [0.05, 0.1) is 12.6 Å². The minimum absolute atomic E-state index is 0.0380. The van der Waals surface area contributed by atoms with E-state index in [0.29, 0.717) is 17.5 Å². The zero-order valence-corrected chi connectivity index (χ0v) is 30.1. The minimum atomic E-state index is -1.33. The molecular weight excluding hydrogens is 714 g/mol. The van der Waals surface area contributed by atoms with Gasteiger partial charge in [-0.05, 0) is 42.9 Å². The number of amides is 7. The van der Waals surface area contributed by atoms with E-state index in [-0.39, 0.29) is 51.5 Å². The topological polar surface area (TPSA) is 302 Å². The number of aliphatic carboxylic acids is 1. The van der Waals surface area contributed by atoms with Gasteiger partial charge in [0, 0.05) is 49.3 Å². The number of carboxylic acids is 1. The summed E-state index contributed by atoms with van der Waals surface area (Å²) >= 11 is 0. The fourth-order valence-corrected chi connectivity index (χ4v) is 6.34. The predicted octanol–water partition coefficient (Wildman–Crippen LogP) is -1.54. The van der Waals surface area contributed by atoms with Crippen LogP contribution in [0.25, 0.3) is 10.9 Å². The summed E-state index contributed by atoms with van der Waals surface area (Å²) in [5.41, 5.74) is 18.3. The van der Waals surface area contributed by atoms with Crippen LogP contribution in [-0.4, -0.2) is 106 Å². The van der Waals surface area contributed by atoms with Crippen molar-refractivity contribution in [2.45, 2.75) is 81.6 Å². The van der Waals surface area contributed by atoms with Crippen molar-refractivity contribution in [1.82, 2.24) is 31.2 Å². The van der Waals surface area contributed by atoms with Gasteiger partial charge in [-0.15, -0.1) is 0 Å². The number of para-hydroxylation sites is 1. The van der Waals surface area contributed by atoms with Crippen LogP contribution in [0.3, 0.4) is 0 Å². The van der Waals surface area contributed by atoms with Gasteiger partial charge in [0.15, 0.2) is 0 Å². The van der Waals surface area contributed by atoms with Gasteiger partial charge in [-0.3, -0.25) is 33.6 Å². The average molecular weight is 762 g/mol. The van der Waals surface area contributed by atoms with Gasteiger partial charge < -0.3 is 53.5 Å². The van der Waals surface area contributed by atoms with E-state index in [1.807, 2.05) is 24.3 Å². The van der Waals surface area contributed by atoms with Crippen LogP contribution in [0.5, 0.6) is 0 Å². The summed E-state index contributed by atoms with van der Waals surface area (Å²) in [5, 5.41) is 20.7. The number of aromatic nitrogens is 1. The Labute approximate surface area is 316 Å². The number of hydrogen-bond donors (Lipinski definition) is 9. The molecule has 1 aliphatic rings. The monoisotopic (exact) mass is 761 g/mol. The van der Waals surface area contributed by atoms with Crippen molar-refractivity contribution in [3.05, 3.63) is 71.9 Å². The zero-order valence-electron chi connectivity index (χ0n) is 30.1. The highest BCUT2D eigenvalue weighted by molar-refractivity contribution is 5.96. The highest BCUT2D eigenvalue weighted by Gasteiger charge is 2.38. The van der Waals surface area contributed by atoms with E-state index in [4.69, 9.17) is 17.2 Å². The molecule has 0 saturated carbocycles.